The molecule has 0 atom stereocenters. The zero-order valence-corrected chi connectivity index (χ0v) is 9.50. The van der Waals surface area contributed by atoms with Crippen LogP contribution in [0.25, 0.3) is 5.52 Å². The SMILES string of the molecule is CCCN(CCN)c1nccn2nccc12. The number of fused-ring (bicyclic) bond motifs is 1. The molecule has 5 nitrogen and oxygen atoms in total. The van der Waals surface area contributed by atoms with Crippen LogP contribution in [-0.4, -0.2) is 34.2 Å². The van der Waals surface area contributed by atoms with Gasteiger partial charge >= 0.3 is 0 Å². The van der Waals surface area contributed by atoms with Gasteiger partial charge in [-0.3, -0.25) is 0 Å². The molecule has 2 heterocycles. The third-order valence-corrected chi connectivity index (χ3v) is 2.50. The Labute approximate surface area is 94.9 Å². The first-order valence-corrected chi connectivity index (χ1v) is 5.60. The molecule has 2 aromatic heterocycles. The van der Waals surface area contributed by atoms with E-state index in [0.717, 1.165) is 30.8 Å². The summed E-state index contributed by atoms with van der Waals surface area (Å²) in [6.45, 7) is 4.58. The van der Waals surface area contributed by atoms with Gasteiger partial charge in [0.1, 0.15) is 5.52 Å². The first kappa shape index (κ1) is 10.9. The third kappa shape index (κ3) is 1.99. The number of hydrogen-bond acceptors (Lipinski definition) is 4. The summed E-state index contributed by atoms with van der Waals surface area (Å²) in [5.41, 5.74) is 6.66. The molecule has 5 heteroatoms. The van der Waals surface area contributed by atoms with Crippen LogP contribution in [0.3, 0.4) is 0 Å². The standard InChI is InChI=1S/C11H17N5/c1-2-7-15(8-4-12)11-10-3-5-14-16(10)9-6-13-11/h3,5-6,9H,2,4,7-8,12H2,1H3. The highest BCUT2D eigenvalue weighted by Crippen LogP contribution is 2.17. The van der Waals surface area contributed by atoms with Gasteiger partial charge in [-0.2, -0.15) is 5.10 Å². The minimum absolute atomic E-state index is 0.636. The quantitative estimate of drug-likeness (QED) is 0.812. The molecule has 0 bridgehead atoms. The molecular weight excluding hydrogens is 202 g/mol. The van der Waals surface area contributed by atoms with Crippen molar-refractivity contribution in [3.8, 4) is 0 Å². The summed E-state index contributed by atoms with van der Waals surface area (Å²) in [5, 5.41) is 4.20. The zero-order chi connectivity index (χ0) is 11.4. The molecule has 0 aliphatic carbocycles. The van der Waals surface area contributed by atoms with Gasteiger partial charge in [0.15, 0.2) is 5.82 Å². The second kappa shape index (κ2) is 4.94. The van der Waals surface area contributed by atoms with Crippen LogP contribution in [0.4, 0.5) is 5.82 Å². The van der Waals surface area contributed by atoms with E-state index in [9.17, 15) is 0 Å². The summed E-state index contributed by atoms with van der Waals surface area (Å²) in [6, 6.07) is 1.97. The van der Waals surface area contributed by atoms with Crippen molar-refractivity contribution in [2.45, 2.75) is 13.3 Å². The van der Waals surface area contributed by atoms with Gasteiger partial charge in [0.2, 0.25) is 0 Å². The lowest BCUT2D eigenvalue weighted by atomic mass is 10.3. The Kier molecular flexibility index (Phi) is 3.36. The molecule has 0 aliphatic rings. The maximum absolute atomic E-state index is 5.62. The van der Waals surface area contributed by atoms with E-state index in [2.05, 4.69) is 21.9 Å². The molecule has 0 amide bonds. The normalized spacial score (nSPS) is 10.9. The van der Waals surface area contributed by atoms with Crippen molar-refractivity contribution in [2.24, 2.45) is 5.73 Å². The highest BCUT2D eigenvalue weighted by Gasteiger charge is 2.10. The Balaban J connectivity index is 2.38. The molecule has 2 N–H and O–H groups in total. The molecule has 0 unspecified atom stereocenters. The van der Waals surface area contributed by atoms with Crippen molar-refractivity contribution in [2.75, 3.05) is 24.5 Å². The maximum Gasteiger partial charge on any atom is 0.154 e. The zero-order valence-electron chi connectivity index (χ0n) is 9.50. The summed E-state index contributed by atoms with van der Waals surface area (Å²) in [7, 11) is 0. The molecule has 16 heavy (non-hydrogen) atoms. The van der Waals surface area contributed by atoms with Crippen LogP contribution >= 0.6 is 0 Å². The van der Waals surface area contributed by atoms with Crippen LogP contribution in [0.5, 0.6) is 0 Å². The molecule has 0 spiro atoms. The first-order valence-electron chi connectivity index (χ1n) is 5.60. The van der Waals surface area contributed by atoms with Gasteiger partial charge in [0.25, 0.3) is 0 Å². The fourth-order valence-electron chi connectivity index (χ4n) is 1.84. The Morgan fingerprint density at radius 1 is 1.38 bits per heavy atom. The molecule has 86 valence electrons. The lowest BCUT2D eigenvalue weighted by Gasteiger charge is -2.22. The molecule has 0 radical (unpaired) electrons. The van der Waals surface area contributed by atoms with E-state index >= 15 is 0 Å². The number of hydrogen-bond donors (Lipinski definition) is 1. The summed E-state index contributed by atoms with van der Waals surface area (Å²) in [5.74, 6) is 0.965. The lowest BCUT2D eigenvalue weighted by molar-refractivity contribution is 0.749. The van der Waals surface area contributed by atoms with Crippen LogP contribution < -0.4 is 10.6 Å². The molecule has 0 fully saturated rings. The topological polar surface area (TPSA) is 59.5 Å². The summed E-state index contributed by atoms with van der Waals surface area (Å²) < 4.78 is 1.83. The average Bonchev–Trinajstić information content (AvgIpc) is 2.76. The second-order valence-electron chi connectivity index (χ2n) is 3.69. The highest BCUT2D eigenvalue weighted by molar-refractivity contribution is 5.68. The molecule has 0 saturated carbocycles. The predicted molar refractivity (Wildman–Crippen MR) is 64.5 cm³/mol. The number of nitrogens with zero attached hydrogens (tertiary/aromatic N) is 4. The fraction of sp³-hybridized carbons (Fsp3) is 0.455. The van der Waals surface area contributed by atoms with E-state index in [0.29, 0.717) is 6.54 Å². The van der Waals surface area contributed by atoms with Gasteiger partial charge in [0, 0.05) is 32.0 Å². The van der Waals surface area contributed by atoms with Crippen LogP contribution in [0, 0.1) is 0 Å². The van der Waals surface area contributed by atoms with E-state index in [1.54, 1.807) is 12.4 Å². The molecule has 0 saturated heterocycles. The minimum Gasteiger partial charge on any atom is -0.354 e. The van der Waals surface area contributed by atoms with Gasteiger partial charge in [-0.1, -0.05) is 6.92 Å². The van der Waals surface area contributed by atoms with E-state index < -0.39 is 0 Å². The van der Waals surface area contributed by atoms with Crippen molar-refractivity contribution in [3.05, 3.63) is 24.7 Å². The summed E-state index contributed by atoms with van der Waals surface area (Å²) >= 11 is 0. The predicted octanol–water partition coefficient (Wildman–Crippen LogP) is 0.904. The van der Waals surface area contributed by atoms with E-state index in [-0.39, 0.29) is 0 Å². The van der Waals surface area contributed by atoms with Gasteiger partial charge < -0.3 is 10.6 Å². The van der Waals surface area contributed by atoms with Crippen LogP contribution in [-0.2, 0) is 0 Å². The second-order valence-corrected chi connectivity index (χ2v) is 3.69. The smallest absolute Gasteiger partial charge is 0.154 e. The first-order chi connectivity index (χ1) is 7.86. The average molecular weight is 219 g/mol. The van der Waals surface area contributed by atoms with Crippen molar-refractivity contribution in [1.82, 2.24) is 14.6 Å². The fourth-order valence-corrected chi connectivity index (χ4v) is 1.84. The Hall–Kier alpha value is -1.62. The van der Waals surface area contributed by atoms with Crippen LogP contribution in [0.1, 0.15) is 13.3 Å². The molecule has 2 aromatic rings. The summed E-state index contributed by atoms with van der Waals surface area (Å²) in [4.78, 5) is 6.63. The number of rotatable bonds is 5. The Morgan fingerprint density at radius 2 is 2.25 bits per heavy atom. The van der Waals surface area contributed by atoms with Crippen LogP contribution in [0.15, 0.2) is 24.7 Å². The Bertz CT molecular complexity index is 444. The van der Waals surface area contributed by atoms with Gasteiger partial charge in [-0.15, -0.1) is 0 Å². The molecule has 2 rings (SSSR count). The van der Waals surface area contributed by atoms with E-state index in [1.807, 2.05) is 16.8 Å². The Morgan fingerprint density at radius 3 is 3.00 bits per heavy atom. The van der Waals surface area contributed by atoms with Crippen molar-refractivity contribution < 1.29 is 0 Å². The largest absolute Gasteiger partial charge is 0.354 e. The number of anilines is 1. The van der Waals surface area contributed by atoms with Gasteiger partial charge in [-0.25, -0.2) is 9.50 Å². The number of nitrogens with two attached hydrogens (primary N) is 1. The van der Waals surface area contributed by atoms with Gasteiger partial charge in [0.05, 0.1) is 6.20 Å². The van der Waals surface area contributed by atoms with Gasteiger partial charge in [-0.05, 0) is 12.5 Å². The molecule has 0 aliphatic heterocycles. The maximum atomic E-state index is 5.62. The minimum atomic E-state index is 0.636. The van der Waals surface area contributed by atoms with E-state index in [1.165, 1.54) is 0 Å². The summed E-state index contributed by atoms with van der Waals surface area (Å²) in [6.07, 6.45) is 6.49. The molecular formula is C11H17N5. The van der Waals surface area contributed by atoms with Crippen LogP contribution in [0.2, 0.25) is 0 Å². The van der Waals surface area contributed by atoms with E-state index in [4.69, 9.17) is 5.73 Å². The van der Waals surface area contributed by atoms with Crippen molar-refractivity contribution >= 4 is 11.3 Å². The third-order valence-electron chi connectivity index (χ3n) is 2.50. The monoisotopic (exact) mass is 219 g/mol. The number of aromatic nitrogens is 3. The lowest BCUT2D eigenvalue weighted by Crippen LogP contribution is -2.31. The van der Waals surface area contributed by atoms with Crippen molar-refractivity contribution in [1.29, 1.82) is 0 Å². The molecule has 0 aromatic carbocycles. The van der Waals surface area contributed by atoms with Crippen molar-refractivity contribution in [3.63, 3.8) is 0 Å². The highest BCUT2D eigenvalue weighted by atomic mass is 15.3.